The molecular formula is C36H49N7O3. The van der Waals surface area contributed by atoms with Gasteiger partial charge < -0.3 is 29.7 Å². The maximum absolute atomic E-state index is 13.5. The Kier molecular flexibility index (Phi) is 13.1. The second-order valence-electron chi connectivity index (χ2n) is 11.8. The molecule has 0 spiro atoms. The molecule has 0 aromatic heterocycles. The number of methoxy groups -OCH3 is 1. The first-order valence-corrected chi connectivity index (χ1v) is 16.2. The van der Waals surface area contributed by atoms with E-state index in [0.29, 0.717) is 16.8 Å². The van der Waals surface area contributed by atoms with Gasteiger partial charge in [0.15, 0.2) is 0 Å². The number of nitrogens with one attached hydrogen (secondary N) is 2. The van der Waals surface area contributed by atoms with Crippen molar-refractivity contribution in [1.82, 2.24) is 20.1 Å². The number of anilines is 2. The molecule has 46 heavy (non-hydrogen) atoms. The van der Waals surface area contributed by atoms with E-state index in [1.807, 2.05) is 60.7 Å². The average molecular weight is 628 g/mol. The van der Waals surface area contributed by atoms with Crippen LogP contribution in [0.1, 0.15) is 52.1 Å². The molecule has 0 unspecified atom stereocenters. The molecule has 2 amide bonds. The van der Waals surface area contributed by atoms with Crippen molar-refractivity contribution in [1.29, 1.82) is 0 Å². The van der Waals surface area contributed by atoms with Gasteiger partial charge in [-0.25, -0.2) is 5.43 Å². The topological polar surface area (TPSA) is 92.8 Å². The van der Waals surface area contributed by atoms with Crippen molar-refractivity contribution in [2.75, 3.05) is 83.8 Å². The minimum absolute atomic E-state index is 0.271. The van der Waals surface area contributed by atoms with E-state index in [-0.39, 0.29) is 5.91 Å². The summed E-state index contributed by atoms with van der Waals surface area (Å²) < 4.78 is 5.21. The highest BCUT2D eigenvalue weighted by molar-refractivity contribution is 6.09. The van der Waals surface area contributed by atoms with Crippen LogP contribution in [0.15, 0.2) is 71.8 Å². The van der Waals surface area contributed by atoms with Crippen LogP contribution in [-0.2, 0) is 6.54 Å². The van der Waals surface area contributed by atoms with E-state index in [1.165, 1.54) is 0 Å². The molecule has 1 aliphatic heterocycles. The molecule has 1 fully saturated rings. The van der Waals surface area contributed by atoms with Gasteiger partial charge in [-0.15, -0.1) is 0 Å². The Morgan fingerprint density at radius 2 is 1.72 bits per heavy atom. The zero-order valence-corrected chi connectivity index (χ0v) is 28.0. The Hall–Kier alpha value is -4.25. The second kappa shape index (κ2) is 17.4. The highest BCUT2D eigenvalue weighted by atomic mass is 16.5. The van der Waals surface area contributed by atoms with Crippen LogP contribution >= 0.6 is 0 Å². The van der Waals surface area contributed by atoms with Crippen molar-refractivity contribution in [2.24, 2.45) is 5.10 Å². The lowest BCUT2D eigenvalue weighted by atomic mass is 10.1. The van der Waals surface area contributed by atoms with Crippen LogP contribution in [0.25, 0.3) is 0 Å². The summed E-state index contributed by atoms with van der Waals surface area (Å²) in [6.45, 7) is 12.8. The van der Waals surface area contributed by atoms with Gasteiger partial charge in [-0.3, -0.25) is 9.59 Å². The molecule has 1 saturated heterocycles. The summed E-state index contributed by atoms with van der Waals surface area (Å²) >= 11 is 0. The molecule has 246 valence electrons. The number of ether oxygens (including phenoxy) is 1. The molecule has 4 rings (SSSR count). The van der Waals surface area contributed by atoms with Crippen molar-refractivity contribution in [3.05, 3.63) is 89.0 Å². The highest BCUT2D eigenvalue weighted by Gasteiger charge is 2.19. The molecule has 0 aliphatic carbocycles. The van der Waals surface area contributed by atoms with E-state index in [2.05, 4.69) is 63.4 Å². The van der Waals surface area contributed by atoms with Gasteiger partial charge in [0, 0.05) is 50.5 Å². The summed E-state index contributed by atoms with van der Waals surface area (Å²) in [4.78, 5) is 36.3. The van der Waals surface area contributed by atoms with Gasteiger partial charge in [-0.2, -0.15) is 5.10 Å². The molecule has 1 heterocycles. The zero-order chi connectivity index (χ0) is 32.9. The van der Waals surface area contributed by atoms with Crippen LogP contribution in [0.2, 0.25) is 0 Å². The highest BCUT2D eigenvalue weighted by Crippen LogP contribution is 2.25. The number of rotatable bonds is 14. The predicted octanol–water partition coefficient (Wildman–Crippen LogP) is 4.63. The number of carbonyl (C=O) groups is 2. The maximum Gasteiger partial charge on any atom is 0.273 e. The number of carbonyl (C=O) groups excluding carboxylic acids is 2. The number of hydrazone groups is 1. The van der Waals surface area contributed by atoms with E-state index in [0.717, 1.165) is 87.9 Å². The van der Waals surface area contributed by atoms with Crippen LogP contribution in [0.5, 0.6) is 5.75 Å². The summed E-state index contributed by atoms with van der Waals surface area (Å²) in [6, 6.07) is 20.7. The van der Waals surface area contributed by atoms with E-state index < -0.39 is 5.91 Å². The SMILES string of the molecule is CCN(CC)CCN(C)Cc1cccc(C(=O)Nc2ccc(N3CCCN(C)CC3)cc2C(=O)NN=Cc2ccc(OC)cc2)c1. The summed E-state index contributed by atoms with van der Waals surface area (Å²) in [7, 11) is 5.84. The van der Waals surface area contributed by atoms with E-state index in [1.54, 1.807) is 19.4 Å². The van der Waals surface area contributed by atoms with Crippen molar-refractivity contribution in [2.45, 2.75) is 26.8 Å². The van der Waals surface area contributed by atoms with Crippen LogP contribution in [0.3, 0.4) is 0 Å². The quantitative estimate of drug-likeness (QED) is 0.199. The third-order valence-corrected chi connectivity index (χ3v) is 8.41. The zero-order valence-electron chi connectivity index (χ0n) is 28.0. The molecule has 2 N–H and O–H groups in total. The number of hydrogen-bond donors (Lipinski definition) is 2. The lowest BCUT2D eigenvalue weighted by molar-refractivity contribution is 0.0956. The molecule has 3 aromatic rings. The van der Waals surface area contributed by atoms with Crippen LogP contribution in [0, 0.1) is 0 Å². The Morgan fingerprint density at radius 1 is 0.935 bits per heavy atom. The molecule has 10 nitrogen and oxygen atoms in total. The average Bonchev–Trinajstić information content (AvgIpc) is 3.30. The van der Waals surface area contributed by atoms with Crippen LogP contribution < -0.4 is 20.4 Å². The van der Waals surface area contributed by atoms with E-state index in [9.17, 15) is 9.59 Å². The smallest absolute Gasteiger partial charge is 0.273 e. The Labute approximate surface area is 274 Å². The Bertz CT molecular complexity index is 1460. The molecule has 10 heteroatoms. The lowest BCUT2D eigenvalue weighted by Crippen LogP contribution is -2.32. The lowest BCUT2D eigenvalue weighted by Gasteiger charge is -2.24. The number of benzene rings is 3. The molecule has 0 atom stereocenters. The van der Waals surface area contributed by atoms with Gasteiger partial charge in [0.1, 0.15) is 5.75 Å². The molecular weight excluding hydrogens is 578 g/mol. The standard InChI is InChI=1S/C36H49N7O3/c1-6-42(7-2)22-20-41(4)27-29-10-8-11-30(24-29)35(44)38-34-17-14-31(43-19-9-18-40(3)21-23-43)25-33(34)36(45)39-37-26-28-12-15-32(46-5)16-13-28/h8,10-17,24-26H,6-7,9,18-23,27H2,1-5H3,(H,38,44)(H,39,45). The van der Waals surface area contributed by atoms with Crippen molar-refractivity contribution in [3.63, 3.8) is 0 Å². The van der Waals surface area contributed by atoms with Gasteiger partial charge >= 0.3 is 0 Å². The summed E-state index contributed by atoms with van der Waals surface area (Å²) in [6.07, 6.45) is 2.61. The molecule has 3 aromatic carbocycles. The monoisotopic (exact) mass is 627 g/mol. The minimum Gasteiger partial charge on any atom is -0.497 e. The van der Waals surface area contributed by atoms with Crippen molar-refractivity contribution in [3.8, 4) is 5.75 Å². The third kappa shape index (κ3) is 10.1. The van der Waals surface area contributed by atoms with Crippen molar-refractivity contribution >= 4 is 29.4 Å². The van der Waals surface area contributed by atoms with Gasteiger partial charge in [-0.05, 0) is 106 Å². The number of amides is 2. The molecule has 0 bridgehead atoms. The van der Waals surface area contributed by atoms with Gasteiger partial charge in [0.05, 0.1) is 24.6 Å². The number of nitrogens with zero attached hydrogens (tertiary/aromatic N) is 5. The second-order valence-corrected chi connectivity index (χ2v) is 11.8. The fourth-order valence-electron chi connectivity index (χ4n) is 5.49. The first-order chi connectivity index (χ1) is 22.3. The van der Waals surface area contributed by atoms with Gasteiger partial charge in [0.25, 0.3) is 11.8 Å². The normalized spacial score (nSPS) is 14.1. The number of hydrogen-bond acceptors (Lipinski definition) is 8. The summed E-state index contributed by atoms with van der Waals surface area (Å²) in [5, 5.41) is 7.19. The molecule has 0 radical (unpaired) electrons. The molecule has 1 aliphatic rings. The van der Waals surface area contributed by atoms with E-state index >= 15 is 0 Å². The Balaban J connectivity index is 1.51. The summed E-state index contributed by atoms with van der Waals surface area (Å²) in [5.41, 5.74) is 6.78. The maximum atomic E-state index is 13.5. The number of likely N-dealkylation sites (N-methyl/N-ethyl adjacent to an activating group) is 3. The predicted molar refractivity (Wildman–Crippen MR) is 187 cm³/mol. The van der Waals surface area contributed by atoms with Crippen molar-refractivity contribution < 1.29 is 14.3 Å². The minimum atomic E-state index is -0.405. The third-order valence-electron chi connectivity index (χ3n) is 8.41. The first-order valence-electron chi connectivity index (χ1n) is 16.2. The largest absolute Gasteiger partial charge is 0.497 e. The summed E-state index contributed by atoms with van der Waals surface area (Å²) in [5.74, 6) is 0.0657. The molecule has 0 saturated carbocycles. The Morgan fingerprint density at radius 3 is 2.46 bits per heavy atom. The fraction of sp³-hybridized carbons (Fsp3) is 0.417. The fourth-order valence-corrected chi connectivity index (χ4v) is 5.49. The van der Waals surface area contributed by atoms with E-state index in [4.69, 9.17) is 4.74 Å². The van der Waals surface area contributed by atoms with Gasteiger partial charge in [-0.1, -0.05) is 26.0 Å². The van der Waals surface area contributed by atoms with Gasteiger partial charge in [0.2, 0.25) is 0 Å². The van der Waals surface area contributed by atoms with Crippen LogP contribution in [-0.4, -0.2) is 106 Å². The van der Waals surface area contributed by atoms with Crippen LogP contribution in [0.4, 0.5) is 11.4 Å². The first kappa shape index (κ1) is 34.6.